The molecule has 1 amide bonds. The number of hydrogen-bond acceptors (Lipinski definition) is 7. The first-order valence-electron chi connectivity index (χ1n) is 10.0. The topological polar surface area (TPSA) is 100 Å². The van der Waals surface area contributed by atoms with E-state index in [0.717, 1.165) is 15.7 Å². The highest BCUT2D eigenvalue weighted by molar-refractivity contribution is 7.22. The molecule has 0 bridgehead atoms. The molecule has 4 aromatic rings. The van der Waals surface area contributed by atoms with Gasteiger partial charge in [-0.15, -0.1) is 0 Å². The minimum absolute atomic E-state index is 0.101. The molecule has 2 N–H and O–H groups in total. The summed E-state index contributed by atoms with van der Waals surface area (Å²) in [6, 6.07) is 10.9. The molecular weight excluding hydrogens is 450 g/mol. The lowest BCUT2D eigenvalue weighted by Gasteiger charge is -2.15. The van der Waals surface area contributed by atoms with Crippen LogP contribution in [0.25, 0.3) is 21.3 Å². The number of likely N-dealkylation sites (N-methyl/N-ethyl adjacent to an activating group) is 1. The summed E-state index contributed by atoms with van der Waals surface area (Å²) in [7, 11) is 3.50. The zero-order valence-electron chi connectivity index (χ0n) is 17.6. The lowest BCUT2D eigenvalue weighted by molar-refractivity contribution is -0.130. The molecule has 0 atom stereocenters. The van der Waals surface area contributed by atoms with Crippen LogP contribution in [0, 0.1) is 0 Å². The summed E-state index contributed by atoms with van der Waals surface area (Å²) in [4.78, 5) is 35.2. The summed E-state index contributed by atoms with van der Waals surface area (Å²) in [5.74, 6) is 0.311. The van der Waals surface area contributed by atoms with E-state index in [-0.39, 0.29) is 37.7 Å². The van der Waals surface area contributed by atoms with Gasteiger partial charge in [0.05, 0.1) is 27.9 Å². The Labute approximate surface area is 193 Å². The quantitative estimate of drug-likeness (QED) is 0.377. The van der Waals surface area contributed by atoms with Crippen molar-refractivity contribution >= 4 is 67.0 Å². The summed E-state index contributed by atoms with van der Waals surface area (Å²) < 4.78 is 2.88. The van der Waals surface area contributed by atoms with Crippen LogP contribution in [0.1, 0.15) is 23.2 Å². The number of aryl methyl sites for hydroxylation is 1. The second-order valence-electron chi connectivity index (χ2n) is 7.42. The number of aliphatic hydroxyl groups is 1. The van der Waals surface area contributed by atoms with Gasteiger partial charge in [-0.05, 0) is 36.4 Å². The van der Waals surface area contributed by atoms with Crippen LogP contribution in [-0.4, -0.2) is 56.4 Å². The van der Waals surface area contributed by atoms with Crippen molar-refractivity contribution in [3.05, 3.63) is 47.0 Å². The standard InChI is InChI=1S/C22H22ClN5O3S/c1-27(9-10-29)20(31)8-7-18(30)13-3-6-17-16(11-13)24-21(28(17)2)26-22-25-15-5-4-14(23)12-19(15)32-22/h3-6,11-12,29H,7-10H2,1-2H3,(H,24,25,26). The molecule has 2 heterocycles. The monoisotopic (exact) mass is 471 g/mol. The molecule has 32 heavy (non-hydrogen) atoms. The fraction of sp³-hybridized carbons (Fsp3) is 0.273. The summed E-state index contributed by atoms with van der Waals surface area (Å²) >= 11 is 7.54. The highest BCUT2D eigenvalue weighted by atomic mass is 35.5. The first-order valence-corrected chi connectivity index (χ1v) is 11.2. The molecule has 2 aromatic heterocycles. The van der Waals surface area contributed by atoms with Crippen molar-refractivity contribution in [2.45, 2.75) is 12.8 Å². The third-order valence-corrected chi connectivity index (χ3v) is 6.37. The molecule has 0 aliphatic heterocycles. The van der Waals surface area contributed by atoms with E-state index in [2.05, 4.69) is 15.3 Å². The molecule has 166 valence electrons. The second-order valence-corrected chi connectivity index (χ2v) is 8.88. The Morgan fingerprint density at radius 2 is 1.97 bits per heavy atom. The van der Waals surface area contributed by atoms with Crippen molar-refractivity contribution in [2.24, 2.45) is 7.05 Å². The Morgan fingerprint density at radius 3 is 2.75 bits per heavy atom. The molecule has 0 saturated carbocycles. The number of rotatable bonds is 8. The van der Waals surface area contributed by atoms with E-state index in [1.165, 1.54) is 16.2 Å². The molecule has 0 fully saturated rings. The van der Waals surface area contributed by atoms with Crippen molar-refractivity contribution in [1.29, 1.82) is 0 Å². The number of amides is 1. The zero-order valence-corrected chi connectivity index (χ0v) is 19.2. The van der Waals surface area contributed by atoms with Crippen LogP contribution in [0.3, 0.4) is 0 Å². The Bertz CT molecular complexity index is 1320. The molecule has 0 spiro atoms. The van der Waals surface area contributed by atoms with E-state index in [1.807, 2.05) is 29.8 Å². The third kappa shape index (κ3) is 4.59. The van der Waals surface area contributed by atoms with Gasteiger partial charge in [0.15, 0.2) is 10.9 Å². The molecule has 0 saturated heterocycles. The minimum atomic E-state index is -0.171. The number of Topliss-reactive ketones (excluding diaryl/α,β-unsaturated/α-hetero) is 1. The third-order valence-electron chi connectivity index (χ3n) is 5.20. The van der Waals surface area contributed by atoms with E-state index >= 15 is 0 Å². The highest BCUT2D eigenvalue weighted by Crippen LogP contribution is 2.31. The van der Waals surface area contributed by atoms with E-state index in [1.54, 1.807) is 25.2 Å². The SMILES string of the molecule is CN(CCO)C(=O)CCC(=O)c1ccc2c(c1)nc(Nc1nc3ccc(Cl)cc3s1)n2C. The molecule has 10 heteroatoms. The van der Waals surface area contributed by atoms with Crippen molar-refractivity contribution in [2.75, 3.05) is 25.5 Å². The van der Waals surface area contributed by atoms with Gasteiger partial charge in [-0.3, -0.25) is 9.59 Å². The lowest BCUT2D eigenvalue weighted by Crippen LogP contribution is -2.29. The van der Waals surface area contributed by atoms with Crippen LogP contribution in [-0.2, 0) is 11.8 Å². The number of nitrogens with one attached hydrogen (secondary N) is 1. The number of anilines is 2. The number of ketones is 1. The zero-order chi connectivity index (χ0) is 22.8. The number of imidazole rings is 1. The Balaban J connectivity index is 1.51. The number of aliphatic hydroxyl groups excluding tert-OH is 1. The van der Waals surface area contributed by atoms with Crippen molar-refractivity contribution in [3.63, 3.8) is 0 Å². The maximum atomic E-state index is 12.6. The van der Waals surface area contributed by atoms with Crippen LogP contribution >= 0.6 is 22.9 Å². The number of benzene rings is 2. The maximum absolute atomic E-state index is 12.6. The van der Waals surface area contributed by atoms with Gasteiger partial charge in [0.2, 0.25) is 11.9 Å². The van der Waals surface area contributed by atoms with Crippen molar-refractivity contribution < 1.29 is 14.7 Å². The number of nitrogens with zero attached hydrogens (tertiary/aromatic N) is 4. The number of carbonyl (C=O) groups excluding carboxylic acids is 2. The normalized spacial score (nSPS) is 11.2. The number of thiazole rings is 1. The summed E-state index contributed by atoms with van der Waals surface area (Å²) in [6.07, 6.45) is 0.205. The fourth-order valence-electron chi connectivity index (χ4n) is 3.36. The van der Waals surface area contributed by atoms with Gasteiger partial charge in [-0.1, -0.05) is 22.9 Å². The Kier molecular flexibility index (Phi) is 6.40. The molecular formula is C22H22ClN5O3S. The first-order chi connectivity index (χ1) is 15.4. The smallest absolute Gasteiger partial charge is 0.222 e. The number of aromatic nitrogens is 3. The first kappa shape index (κ1) is 22.2. The molecule has 8 nitrogen and oxygen atoms in total. The lowest BCUT2D eigenvalue weighted by atomic mass is 10.1. The van der Waals surface area contributed by atoms with E-state index in [4.69, 9.17) is 16.7 Å². The Hall–Kier alpha value is -3.01. The van der Waals surface area contributed by atoms with Crippen molar-refractivity contribution in [1.82, 2.24) is 19.4 Å². The van der Waals surface area contributed by atoms with Crippen LogP contribution in [0.15, 0.2) is 36.4 Å². The highest BCUT2D eigenvalue weighted by Gasteiger charge is 2.15. The predicted molar refractivity (Wildman–Crippen MR) is 127 cm³/mol. The molecule has 0 aliphatic carbocycles. The van der Waals surface area contributed by atoms with Crippen LogP contribution in [0.2, 0.25) is 5.02 Å². The van der Waals surface area contributed by atoms with Gasteiger partial charge in [0, 0.05) is 44.1 Å². The van der Waals surface area contributed by atoms with Gasteiger partial charge in [-0.2, -0.15) is 0 Å². The average Bonchev–Trinajstić information content (AvgIpc) is 3.31. The molecule has 0 radical (unpaired) electrons. The number of hydrogen-bond donors (Lipinski definition) is 2. The average molecular weight is 472 g/mol. The van der Waals surface area contributed by atoms with Crippen LogP contribution < -0.4 is 5.32 Å². The summed E-state index contributed by atoms with van der Waals surface area (Å²) in [5.41, 5.74) is 2.91. The van der Waals surface area contributed by atoms with Gasteiger partial charge >= 0.3 is 0 Å². The minimum Gasteiger partial charge on any atom is -0.395 e. The second kappa shape index (κ2) is 9.23. The number of carbonyl (C=O) groups is 2. The number of fused-ring (bicyclic) bond motifs is 2. The summed E-state index contributed by atoms with van der Waals surface area (Å²) in [5, 5.41) is 13.5. The van der Waals surface area contributed by atoms with Crippen molar-refractivity contribution in [3.8, 4) is 0 Å². The predicted octanol–water partition coefficient (Wildman–Crippen LogP) is 3.99. The molecule has 0 aliphatic rings. The molecule has 2 aromatic carbocycles. The largest absolute Gasteiger partial charge is 0.395 e. The van der Waals surface area contributed by atoms with Gasteiger partial charge in [-0.25, -0.2) is 9.97 Å². The Morgan fingerprint density at radius 1 is 1.16 bits per heavy atom. The van der Waals surface area contributed by atoms with Crippen LogP contribution in [0.4, 0.5) is 11.1 Å². The maximum Gasteiger partial charge on any atom is 0.222 e. The van der Waals surface area contributed by atoms with Gasteiger partial charge in [0.25, 0.3) is 0 Å². The fourth-order valence-corrected chi connectivity index (χ4v) is 4.50. The van der Waals surface area contributed by atoms with Gasteiger partial charge < -0.3 is 19.9 Å². The van der Waals surface area contributed by atoms with E-state index in [9.17, 15) is 9.59 Å². The van der Waals surface area contributed by atoms with E-state index < -0.39 is 0 Å². The van der Waals surface area contributed by atoms with Crippen LogP contribution in [0.5, 0.6) is 0 Å². The molecule has 4 rings (SSSR count). The summed E-state index contributed by atoms with van der Waals surface area (Å²) in [6.45, 7) is 0.151. The van der Waals surface area contributed by atoms with Gasteiger partial charge in [0.1, 0.15) is 0 Å². The van der Waals surface area contributed by atoms with E-state index in [0.29, 0.717) is 27.2 Å². The number of halogens is 1. The molecule has 0 unspecified atom stereocenters.